The zero-order valence-corrected chi connectivity index (χ0v) is 13.2. The third-order valence-electron chi connectivity index (χ3n) is 3.54. The number of para-hydroxylation sites is 2. The van der Waals surface area contributed by atoms with Crippen molar-refractivity contribution in [1.29, 1.82) is 0 Å². The van der Waals surface area contributed by atoms with Crippen molar-refractivity contribution in [3.63, 3.8) is 0 Å². The van der Waals surface area contributed by atoms with Crippen LogP contribution >= 0.6 is 0 Å². The van der Waals surface area contributed by atoms with Crippen LogP contribution in [0.15, 0.2) is 42.9 Å². The zero-order valence-electron chi connectivity index (χ0n) is 13.2. The van der Waals surface area contributed by atoms with Gasteiger partial charge < -0.3 is 9.47 Å². The molecule has 0 unspecified atom stereocenters. The second-order valence-corrected chi connectivity index (χ2v) is 5.49. The van der Waals surface area contributed by atoms with E-state index in [-0.39, 0.29) is 18.1 Å². The van der Waals surface area contributed by atoms with E-state index in [4.69, 9.17) is 0 Å². The highest BCUT2D eigenvalue weighted by Crippen LogP contribution is 2.19. The van der Waals surface area contributed by atoms with Crippen LogP contribution in [0.25, 0.3) is 11.0 Å². The lowest BCUT2D eigenvalue weighted by Crippen LogP contribution is -2.29. The molecule has 0 fully saturated rings. The molecule has 0 aliphatic heterocycles. The number of imidazole rings is 1. The minimum absolute atomic E-state index is 0.0730. The molecule has 3 rings (SSSR count). The van der Waals surface area contributed by atoms with Crippen LogP contribution in [0.3, 0.4) is 0 Å². The molecule has 6 nitrogen and oxygen atoms in total. The number of aromatic nitrogens is 4. The highest BCUT2D eigenvalue weighted by molar-refractivity contribution is 5.93. The first-order valence-electron chi connectivity index (χ1n) is 7.37. The first-order chi connectivity index (χ1) is 11.8. The predicted octanol–water partition coefficient (Wildman–Crippen LogP) is 2.66. The molecule has 0 radical (unpaired) electrons. The Morgan fingerprint density at radius 2 is 1.92 bits per heavy atom. The lowest BCUT2D eigenvalue weighted by Gasteiger charge is -2.18. The SMILES string of the molecule is CN(Cc1nccn1CC(F)(F)F)C(=O)c1cnc2ccccc2n1. The number of hydrogen-bond donors (Lipinski definition) is 0. The van der Waals surface area contributed by atoms with E-state index >= 15 is 0 Å². The van der Waals surface area contributed by atoms with Crippen molar-refractivity contribution in [3.05, 3.63) is 54.4 Å². The molecule has 2 aromatic heterocycles. The molecule has 130 valence electrons. The Morgan fingerprint density at radius 3 is 2.64 bits per heavy atom. The Hall–Kier alpha value is -2.97. The van der Waals surface area contributed by atoms with Crippen LogP contribution in [-0.4, -0.2) is 43.6 Å². The van der Waals surface area contributed by atoms with E-state index in [9.17, 15) is 18.0 Å². The Balaban J connectivity index is 1.77. The summed E-state index contributed by atoms with van der Waals surface area (Å²) in [5.74, 6) is -0.304. The van der Waals surface area contributed by atoms with Gasteiger partial charge in [-0.1, -0.05) is 12.1 Å². The average Bonchev–Trinajstić information content (AvgIpc) is 2.98. The van der Waals surface area contributed by atoms with Gasteiger partial charge in [-0.05, 0) is 12.1 Å². The molecule has 0 saturated carbocycles. The summed E-state index contributed by atoms with van der Waals surface area (Å²) in [4.78, 5) is 26.0. The molecular weight excluding hydrogens is 335 g/mol. The number of benzene rings is 1. The first-order valence-corrected chi connectivity index (χ1v) is 7.37. The number of carbonyl (C=O) groups excluding carboxylic acids is 1. The summed E-state index contributed by atoms with van der Waals surface area (Å²) in [5, 5.41) is 0. The maximum Gasteiger partial charge on any atom is 0.406 e. The van der Waals surface area contributed by atoms with Crippen LogP contribution in [0.1, 0.15) is 16.3 Å². The van der Waals surface area contributed by atoms with E-state index in [0.29, 0.717) is 11.0 Å². The molecule has 0 atom stereocenters. The molecule has 25 heavy (non-hydrogen) atoms. The number of amides is 1. The summed E-state index contributed by atoms with van der Waals surface area (Å²) < 4.78 is 38.7. The summed E-state index contributed by atoms with van der Waals surface area (Å²) >= 11 is 0. The molecular formula is C16H14F3N5O. The number of alkyl halides is 3. The van der Waals surface area contributed by atoms with Crippen molar-refractivity contribution in [2.45, 2.75) is 19.3 Å². The predicted molar refractivity (Wildman–Crippen MR) is 83.6 cm³/mol. The molecule has 2 heterocycles. The summed E-state index contributed by atoms with van der Waals surface area (Å²) in [5.41, 5.74) is 1.35. The smallest absolute Gasteiger partial charge is 0.333 e. The molecule has 0 aliphatic carbocycles. The van der Waals surface area contributed by atoms with E-state index < -0.39 is 18.6 Å². The Morgan fingerprint density at radius 1 is 1.20 bits per heavy atom. The van der Waals surface area contributed by atoms with Crippen molar-refractivity contribution >= 4 is 16.9 Å². The van der Waals surface area contributed by atoms with Gasteiger partial charge in [-0.3, -0.25) is 9.78 Å². The minimum atomic E-state index is -4.36. The normalized spacial score (nSPS) is 11.7. The fourth-order valence-electron chi connectivity index (χ4n) is 2.37. The van der Waals surface area contributed by atoms with Gasteiger partial charge in [0.15, 0.2) is 0 Å². The fraction of sp³-hybridized carbons (Fsp3) is 0.250. The van der Waals surface area contributed by atoms with Gasteiger partial charge in [0, 0.05) is 19.4 Å². The lowest BCUT2D eigenvalue weighted by atomic mass is 10.3. The molecule has 0 bridgehead atoms. The average molecular weight is 349 g/mol. The zero-order chi connectivity index (χ0) is 18.0. The Bertz CT molecular complexity index is 906. The molecule has 0 saturated heterocycles. The molecule has 9 heteroatoms. The van der Waals surface area contributed by atoms with E-state index in [1.807, 2.05) is 6.07 Å². The molecule has 0 aliphatic rings. The van der Waals surface area contributed by atoms with Crippen molar-refractivity contribution < 1.29 is 18.0 Å². The molecule has 0 spiro atoms. The number of hydrogen-bond acceptors (Lipinski definition) is 4. The van der Waals surface area contributed by atoms with Crippen molar-refractivity contribution in [3.8, 4) is 0 Å². The molecule has 1 amide bonds. The van der Waals surface area contributed by atoms with Gasteiger partial charge in [-0.15, -0.1) is 0 Å². The van der Waals surface area contributed by atoms with E-state index in [2.05, 4.69) is 15.0 Å². The van der Waals surface area contributed by atoms with Crippen LogP contribution in [-0.2, 0) is 13.1 Å². The Labute approximate surface area is 140 Å². The minimum Gasteiger partial charge on any atom is -0.333 e. The van der Waals surface area contributed by atoms with E-state index in [1.54, 1.807) is 18.2 Å². The Kier molecular flexibility index (Phi) is 4.39. The number of nitrogens with zero attached hydrogens (tertiary/aromatic N) is 5. The van der Waals surface area contributed by atoms with Gasteiger partial charge in [0.1, 0.15) is 18.1 Å². The van der Waals surface area contributed by atoms with Crippen molar-refractivity contribution in [2.24, 2.45) is 0 Å². The van der Waals surface area contributed by atoms with Crippen molar-refractivity contribution in [1.82, 2.24) is 24.4 Å². The summed E-state index contributed by atoms with van der Waals surface area (Å²) in [6.45, 7) is -1.23. The molecule has 1 aromatic carbocycles. The molecule has 0 N–H and O–H groups in total. The van der Waals surface area contributed by atoms with Crippen LogP contribution < -0.4 is 0 Å². The second-order valence-electron chi connectivity index (χ2n) is 5.49. The monoisotopic (exact) mass is 349 g/mol. The summed E-state index contributed by atoms with van der Waals surface area (Å²) in [6, 6.07) is 7.09. The van der Waals surface area contributed by atoms with Crippen LogP contribution in [0.2, 0.25) is 0 Å². The largest absolute Gasteiger partial charge is 0.406 e. The van der Waals surface area contributed by atoms with Gasteiger partial charge in [0.25, 0.3) is 5.91 Å². The van der Waals surface area contributed by atoms with Gasteiger partial charge >= 0.3 is 6.18 Å². The fourth-order valence-corrected chi connectivity index (χ4v) is 2.37. The second kappa shape index (κ2) is 6.50. The van der Waals surface area contributed by atoms with Gasteiger partial charge in [-0.2, -0.15) is 13.2 Å². The number of carbonyl (C=O) groups is 1. The standard InChI is InChI=1S/C16H14F3N5O/c1-23(9-14-20-6-7-24(14)10-16(17,18)19)15(25)13-8-21-11-4-2-3-5-12(11)22-13/h2-8H,9-10H2,1H3. The lowest BCUT2D eigenvalue weighted by molar-refractivity contribution is -0.141. The summed E-state index contributed by atoms with van der Waals surface area (Å²) in [7, 11) is 1.48. The first kappa shape index (κ1) is 16.9. The van der Waals surface area contributed by atoms with Gasteiger partial charge in [0.2, 0.25) is 0 Å². The van der Waals surface area contributed by atoms with Crippen LogP contribution in [0.4, 0.5) is 13.2 Å². The molecule has 3 aromatic rings. The maximum atomic E-state index is 12.6. The highest BCUT2D eigenvalue weighted by atomic mass is 19.4. The quantitative estimate of drug-likeness (QED) is 0.726. The topological polar surface area (TPSA) is 63.9 Å². The number of rotatable bonds is 4. The van der Waals surface area contributed by atoms with Crippen LogP contribution in [0, 0.1) is 0 Å². The highest BCUT2D eigenvalue weighted by Gasteiger charge is 2.29. The summed E-state index contributed by atoms with van der Waals surface area (Å²) in [6.07, 6.45) is -0.503. The van der Waals surface area contributed by atoms with Crippen LogP contribution in [0.5, 0.6) is 0 Å². The van der Waals surface area contributed by atoms with Gasteiger partial charge in [0.05, 0.1) is 23.8 Å². The third kappa shape index (κ3) is 3.93. The third-order valence-corrected chi connectivity index (χ3v) is 3.54. The number of halogens is 3. The van der Waals surface area contributed by atoms with Gasteiger partial charge in [-0.25, -0.2) is 9.97 Å². The number of fused-ring (bicyclic) bond motifs is 1. The maximum absolute atomic E-state index is 12.6. The van der Waals surface area contributed by atoms with E-state index in [0.717, 1.165) is 4.57 Å². The van der Waals surface area contributed by atoms with E-state index in [1.165, 1.54) is 30.5 Å². The van der Waals surface area contributed by atoms with Crippen molar-refractivity contribution in [2.75, 3.05) is 7.05 Å².